The van der Waals surface area contributed by atoms with Gasteiger partial charge in [-0.25, -0.2) is 0 Å². The standard InChI is InChI=1S/C9H15NO/c1-7(6-10)8(2)9-4-3-5-11-9/h3-5,7-8H,6,10H2,1-2H3. The minimum atomic E-state index is 0.426. The second-order valence-electron chi connectivity index (χ2n) is 3.02. The molecule has 2 N–H and O–H groups in total. The first-order chi connectivity index (χ1) is 5.25. The largest absolute Gasteiger partial charge is 0.469 e. The van der Waals surface area contributed by atoms with Crippen LogP contribution in [0.3, 0.4) is 0 Å². The monoisotopic (exact) mass is 153 g/mol. The summed E-state index contributed by atoms with van der Waals surface area (Å²) in [7, 11) is 0. The molecule has 2 unspecified atom stereocenters. The Morgan fingerprint density at radius 3 is 2.73 bits per heavy atom. The van der Waals surface area contributed by atoms with Crippen LogP contribution in [0.15, 0.2) is 22.8 Å². The van der Waals surface area contributed by atoms with Gasteiger partial charge in [-0.05, 0) is 24.6 Å². The van der Waals surface area contributed by atoms with Crippen molar-refractivity contribution in [2.45, 2.75) is 19.8 Å². The van der Waals surface area contributed by atoms with Gasteiger partial charge in [-0.3, -0.25) is 0 Å². The average molecular weight is 153 g/mol. The molecule has 62 valence electrons. The molecule has 1 rings (SSSR count). The van der Waals surface area contributed by atoms with Crippen molar-refractivity contribution in [3.8, 4) is 0 Å². The molecule has 1 heterocycles. The maximum absolute atomic E-state index is 5.54. The Labute approximate surface area is 67.4 Å². The van der Waals surface area contributed by atoms with Crippen LogP contribution in [-0.4, -0.2) is 6.54 Å². The molecule has 0 saturated carbocycles. The van der Waals surface area contributed by atoms with E-state index in [0.717, 1.165) is 5.76 Å². The molecule has 0 radical (unpaired) electrons. The number of nitrogens with two attached hydrogens (primary N) is 1. The van der Waals surface area contributed by atoms with Crippen molar-refractivity contribution in [2.24, 2.45) is 11.7 Å². The Kier molecular flexibility index (Phi) is 2.71. The molecule has 2 nitrogen and oxygen atoms in total. The van der Waals surface area contributed by atoms with Crippen LogP contribution in [-0.2, 0) is 0 Å². The maximum Gasteiger partial charge on any atom is 0.106 e. The molecule has 0 aliphatic rings. The zero-order chi connectivity index (χ0) is 8.27. The number of hydrogen-bond donors (Lipinski definition) is 1. The molecule has 0 aliphatic carbocycles. The van der Waals surface area contributed by atoms with E-state index in [1.54, 1.807) is 6.26 Å². The summed E-state index contributed by atoms with van der Waals surface area (Å²) in [6, 6.07) is 3.91. The maximum atomic E-state index is 5.54. The first-order valence-electron chi connectivity index (χ1n) is 3.99. The minimum Gasteiger partial charge on any atom is -0.469 e. The molecule has 0 spiro atoms. The van der Waals surface area contributed by atoms with Crippen LogP contribution in [0.4, 0.5) is 0 Å². The fourth-order valence-corrected chi connectivity index (χ4v) is 1.03. The van der Waals surface area contributed by atoms with Gasteiger partial charge in [0.1, 0.15) is 5.76 Å². The molecule has 2 heteroatoms. The molecule has 0 amide bonds. The Balaban J connectivity index is 2.62. The lowest BCUT2D eigenvalue weighted by molar-refractivity contribution is 0.401. The van der Waals surface area contributed by atoms with Gasteiger partial charge >= 0.3 is 0 Å². The first-order valence-corrected chi connectivity index (χ1v) is 3.99. The van der Waals surface area contributed by atoms with Gasteiger partial charge in [-0.1, -0.05) is 13.8 Å². The lowest BCUT2D eigenvalue weighted by Crippen LogP contribution is -2.16. The van der Waals surface area contributed by atoms with Gasteiger partial charge in [0.05, 0.1) is 6.26 Å². The van der Waals surface area contributed by atoms with Gasteiger partial charge in [0.25, 0.3) is 0 Å². The van der Waals surface area contributed by atoms with E-state index in [1.165, 1.54) is 0 Å². The zero-order valence-corrected chi connectivity index (χ0v) is 7.08. The summed E-state index contributed by atoms with van der Waals surface area (Å²) in [5.41, 5.74) is 5.54. The van der Waals surface area contributed by atoms with E-state index in [0.29, 0.717) is 18.4 Å². The molecule has 1 aromatic rings. The Morgan fingerprint density at radius 2 is 2.27 bits per heavy atom. The van der Waals surface area contributed by atoms with Crippen molar-refractivity contribution in [2.75, 3.05) is 6.54 Å². The van der Waals surface area contributed by atoms with Crippen molar-refractivity contribution >= 4 is 0 Å². The summed E-state index contributed by atoms with van der Waals surface area (Å²) in [5, 5.41) is 0. The highest BCUT2D eigenvalue weighted by molar-refractivity contribution is 5.05. The van der Waals surface area contributed by atoms with Gasteiger partial charge in [-0.15, -0.1) is 0 Å². The van der Waals surface area contributed by atoms with Crippen molar-refractivity contribution in [3.63, 3.8) is 0 Å². The smallest absolute Gasteiger partial charge is 0.106 e. The Hall–Kier alpha value is -0.760. The molecular weight excluding hydrogens is 138 g/mol. The van der Waals surface area contributed by atoms with Gasteiger partial charge in [0.2, 0.25) is 0 Å². The third-order valence-electron chi connectivity index (χ3n) is 2.22. The molecule has 0 bridgehead atoms. The summed E-state index contributed by atoms with van der Waals surface area (Å²) >= 11 is 0. The molecule has 0 aliphatic heterocycles. The molecular formula is C9H15NO. The van der Waals surface area contributed by atoms with Crippen LogP contribution in [0.5, 0.6) is 0 Å². The second-order valence-corrected chi connectivity index (χ2v) is 3.02. The van der Waals surface area contributed by atoms with Gasteiger partial charge in [-0.2, -0.15) is 0 Å². The SMILES string of the molecule is CC(CN)C(C)c1ccco1. The van der Waals surface area contributed by atoms with E-state index in [1.807, 2.05) is 12.1 Å². The van der Waals surface area contributed by atoms with E-state index in [-0.39, 0.29) is 0 Å². The van der Waals surface area contributed by atoms with Gasteiger partial charge in [0.15, 0.2) is 0 Å². The number of rotatable bonds is 3. The highest BCUT2D eigenvalue weighted by Gasteiger charge is 2.14. The fourth-order valence-electron chi connectivity index (χ4n) is 1.03. The summed E-state index contributed by atoms with van der Waals surface area (Å²) in [6.45, 7) is 4.98. The Bertz CT molecular complexity index is 193. The van der Waals surface area contributed by atoms with Crippen LogP contribution in [0.25, 0.3) is 0 Å². The first kappa shape index (κ1) is 8.34. The summed E-state index contributed by atoms with van der Waals surface area (Å²) in [6.07, 6.45) is 1.70. The van der Waals surface area contributed by atoms with Crippen molar-refractivity contribution in [3.05, 3.63) is 24.2 Å². The molecule has 2 atom stereocenters. The highest BCUT2D eigenvalue weighted by Crippen LogP contribution is 2.22. The minimum absolute atomic E-state index is 0.426. The van der Waals surface area contributed by atoms with Crippen LogP contribution < -0.4 is 5.73 Å². The van der Waals surface area contributed by atoms with E-state index in [4.69, 9.17) is 10.2 Å². The lowest BCUT2D eigenvalue weighted by Gasteiger charge is -2.14. The summed E-state index contributed by atoms with van der Waals surface area (Å²) in [5.74, 6) is 1.94. The van der Waals surface area contributed by atoms with E-state index in [2.05, 4.69) is 13.8 Å². The molecule has 0 aromatic carbocycles. The average Bonchev–Trinajstić information content (AvgIpc) is 2.53. The van der Waals surface area contributed by atoms with E-state index < -0.39 is 0 Å². The lowest BCUT2D eigenvalue weighted by atomic mass is 9.94. The van der Waals surface area contributed by atoms with Crippen LogP contribution in [0.2, 0.25) is 0 Å². The third kappa shape index (κ3) is 1.84. The second kappa shape index (κ2) is 3.58. The summed E-state index contributed by atoms with van der Waals surface area (Å²) in [4.78, 5) is 0. The molecule has 1 aromatic heterocycles. The summed E-state index contributed by atoms with van der Waals surface area (Å²) < 4.78 is 5.26. The van der Waals surface area contributed by atoms with Gasteiger partial charge < -0.3 is 10.2 Å². The topological polar surface area (TPSA) is 39.2 Å². The quantitative estimate of drug-likeness (QED) is 0.721. The van der Waals surface area contributed by atoms with Crippen molar-refractivity contribution < 1.29 is 4.42 Å². The highest BCUT2D eigenvalue weighted by atomic mass is 16.3. The third-order valence-corrected chi connectivity index (χ3v) is 2.22. The predicted octanol–water partition coefficient (Wildman–Crippen LogP) is 1.98. The van der Waals surface area contributed by atoms with Crippen LogP contribution in [0, 0.1) is 5.92 Å². The number of furan rings is 1. The number of hydrogen-bond acceptors (Lipinski definition) is 2. The van der Waals surface area contributed by atoms with Crippen LogP contribution in [0.1, 0.15) is 25.5 Å². The Morgan fingerprint density at radius 1 is 1.55 bits per heavy atom. The van der Waals surface area contributed by atoms with E-state index in [9.17, 15) is 0 Å². The molecule has 11 heavy (non-hydrogen) atoms. The van der Waals surface area contributed by atoms with Gasteiger partial charge in [0, 0.05) is 5.92 Å². The van der Waals surface area contributed by atoms with Crippen molar-refractivity contribution in [1.29, 1.82) is 0 Å². The predicted molar refractivity (Wildman–Crippen MR) is 45.3 cm³/mol. The normalized spacial score (nSPS) is 16.3. The van der Waals surface area contributed by atoms with Crippen LogP contribution >= 0.6 is 0 Å². The fraction of sp³-hybridized carbons (Fsp3) is 0.556. The molecule has 0 saturated heterocycles. The van der Waals surface area contributed by atoms with Crippen molar-refractivity contribution in [1.82, 2.24) is 0 Å². The van der Waals surface area contributed by atoms with E-state index >= 15 is 0 Å². The zero-order valence-electron chi connectivity index (χ0n) is 7.08. The molecule has 0 fully saturated rings.